The van der Waals surface area contributed by atoms with Gasteiger partial charge in [-0.05, 0) is 31.9 Å². The molecule has 1 rings (SSSR count). The SMILES string of the molecule is C/C=C\NC(=NC)N1CCC(CO)CC1. The van der Waals surface area contributed by atoms with Crippen molar-refractivity contribution in [2.45, 2.75) is 19.8 Å². The standard InChI is InChI=1S/C11H21N3O/c1-3-6-13-11(12-2)14-7-4-10(9-15)5-8-14/h3,6,10,15H,4-5,7-9H2,1-2H3,(H,12,13)/b6-3-. The Hall–Kier alpha value is -1.03. The molecule has 0 aromatic heterocycles. The summed E-state index contributed by atoms with van der Waals surface area (Å²) in [7, 11) is 1.80. The lowest BCUT2D eigenvalue weighted by molar-refractivity contribution is 0.165. The van der Waals surface area contributed by atoms with Gasteiger partial charge in [0.2, 0.25) is 0 Å². The second-order valence-electron chi connectivity index (χ2n) is 3.80. The van der Waals surface area contributed by atoms with Crippen LogP contribution in [-0.4, -0.2) is 42.7 Å². The highest BCUT2D eigenvalue weighted by Crippen LogP contribution is 2.16. The number of aliphatic hydroxyl groups excluding tert-OH is 1. The highest BCUT2D eigenvalue weighted by Gasteiger charge is 2.20. The third-order valence-electron chi connectivity index (χ3n) is 2.76. The lowest BCUT2D eigenvalue weighted by Gasteiger charge is -2.33. The van der Waals surface area contributed by atoms with Crippen LogP contribution in [0.2, 0.25) is 0 Å². The summed E-state index contributed by atoms with van der Waals surface area (Å²) in [6.07, 6.45) is 5.94. The first-order chi connectivity index (χ1) is 7.31. The summed E-state index contributed by atoms with van der Waals surface area (Å²) in [5.74, 6) is 1.39. The summed E-state index contributed by atoms with van der Waals surface area (Å²) in [5.41, 5.74) is 0. The minimum absolute atomic E-state index is 0.314. The van der Waals surface area contributed by atoms with Crippen LogP contribution < -0.4 is 5.32 Å². The molecule has 0 aliphatic carbocycles. The molecule has 0 bridgehead atoms. The maximum atomic E-state index is 9.04. The first-order valence-corrected chi connectivity index (χ1v) is 5.52. The highest BCUT2D eigenvalue weighted by molar-refractivity contribution is 5.80. The van der Waals surface area contributed by atoms with Crippen LogP contribution in [-0.2, 0) is 0 Å². The molecule has 1 saturated heterocycles. The Morgan fingerprint density at radius 2 is 2.20 bits per heavy atom. The zero-order valence-electron chi connectivity index (χ0n) is 9.61. The normalized spacial score (nSPS) is 19.9. The van der Waals surface area contributed by atoms with Crippen LogP contribution in [0.15, 0.2) is 17.3 Å². The number of piperidine rings is 1. The number of hydrogen-bond donors (Lipinski definition) is 2. The minimum atomic E-state index is 0.314. The molecule has 86 valence electrons. The molecule has 4 heteroatoms. The maximum absolute atomic E-state index is 9.04. The average molecular weight is 211 g/mol. The van der Waals surface area contributed by atoms with Crippen LogP contribution in [0.4, 0.5) is 0 Å². The van der Waals surface area contributed by atoms with E-state index in [9.17, 15) is 0 Å². The summed E-state index contributed by atoms with van der Waals surface area (Å²) in [6, 6.07) is 0. The fourth-order valence-electron chi connectivity index (χ4n) is 1.78. The third-order valence-corrected chi connectivity index (χ3v) is 2.76. The predicted molar refractivity (Wildman–Crippen MR) is 62.7 cm³/mol. The van der Waals surface area contributed by atoms with Gasteiger partial charge in [0.05, 0.1) is 0 Å². The van der Waals surface area contributed by atoms with E-state index in [2.05, 4.69) is 15.2 Å². The van der Waals surface area contributed by atoms with Gasteiger partial charge in [0.15, 0.2) is 5.96 Å². The van der Waals surface area contributed by atoms with Crippen LogP contribution >= 0.6 is 0 Å². The number of allylic oxidation sites excluding steroid dienone is 1. The van der Waals surface area contributed by atoms with Gasteiger partial charge in [0.1, 0.15) is 0 Å². The zero-order valence-corrected chi connectivity index (χ0v) is 9.61. The van der Waals surface area contributed by atoms with E-state index in [1.165, 1.54) is 0 Å². The Balaban J connectivity index is 2.43. The number of nitrogens with one attached hydrogen (secondary N) is 1. The summed E-state index contributed by atoms with van der Waals surface area (Å²) >= 11 is 0. The molecule has 0 amide bonds. The van der Waals surface area contributed by atoms with E-state index in [1.54, 1.807) is 7.05 Å². The molecular formula is C11H21N3O. The largest absolute Gasteiger partial charge is 0.396 e. The monoisotopic (exact) mass is 211 g/mol. The predicted octanol–water partition coefficient (Wildman–Crippen LogP) is 0.800. The number of aliphatic hydroxyl groups is 1. The van der Waals surface area contributed by atoms with Gasteiger partial charge in [0, 0.05) is 26.7 Å². The Morgan fingerprint density at radius 3 is 2.67 bits per heavy atom. The van der Waals surface area contributed by atoms with Gasteiger partial charge in [-0.25, -0.2) is 0 Å². The van der Waals surface area contributed by atoms with E-state index in [-0.39, 0.29) is 0 Å². The summed E-state index contributed by atoms with van der Waals surface area (Å²) in [6.45, 7) is 4.23. The first kappa shape index (κ1) is 12.0. The Bertz CT molecular complexity index is 230. The van der Waals surface area contributed by atoms with Gasteiger partial charge in [-0.2, -0.15) is 0 Å². The van der Waals surface area contributed by atoms with E-state index in [1.807, 2.05) is 19.2 Å². The van der Waals surface area contributed by atoms with Crippen molar-refractivity contribution in [3.05, 3.63) is 12.3 Å². The van der Waals surface area contributed by atoms with E-state index in [4.69, 9.17) is 5.11 Å². The second-order valence-corrected chi connectivity index (χ2v) is 3.80. The maximum Gasteiger partial charge on any atom is 0.197 e. The number of nitrogens with zero attached hydrogens (tertiary/aromatic N) is 2. The molecule has 0 spiro atoms. The number of guanidine groups is 1. The second kappa shape index (κ2) is 6.45. The fraction of sp³-hybridized carbons (Fsp3) is 0.727. The van der Waals surface area contributed by atoms with Gasteiger partial charge in [0.25, 0.3) is 0 Å². The van der Waals surface area contributed by atoms with E-state index in [0.29, 0.717) is 12.5 Å². The van der Waals surface area contributed by atoms with Crippen molar-refractivity contribution in [3.63, 3.8) is 0 Å². The van der Waals surface area contributed by atoms with Gasteiger partial charge in [-0.3, -0.25) is 4.99 Å². The van der Waals surface area contributed by atoms with Crippen molar-refractivity contribution < 1.29 is 5.11 Å². The molecule has 1 heterocycles. The third kappa shape index (κ3) is 3.55. The zero-order chi connectivity index (χ0) is 11.1. The Morgan fingerprint density at radius 1 is 1.53 bits per heavy atom. The molecule has 2 N–H and O–H groups in total. The van der Waals surface area contributed by atoms with Gasteiger partial charge in [-0.1, -0.05) is 6.08 Å². The van der Waals surface area contributed by atoms with Gasteiger partial charge in [-0.15, -0.1) is 0 Å². The fourth-order valence-corrected chi connectivity index (χ4v) is 1.78. The van der Waals surface area contributed by atoms with Gasteiger partial charge >= 0.3 is 0 Å². The molecular weight excluding hydrogens is 190 g/mol. The van der Waals surface area contributed by atoms with Crippen molar-refractivity contribution in [3.8, 4) is 0 Å². The van der Waals surface area contributed by atoms with E-state index < -0.39 is 0 Å². The van der Waals surface area contributed by atoms with Crippen molar-refractivity contribution in [1.82, 2.24) is 10.2 Å². The van der Waals surface area contributed by atoms with Crippen LogP contribution in [0, 0.1) is 5.92 Å². The van der Waals surface area contributed by atoms with Crippen molar-refractivity contribution in [2.24, 2.45) is 10.9 Å². The van der Waals surface area contributed by atoms with Crippen molar-refractivity contribution in [2.75, 3.05) is 26.7 Å². The lowest BCUT2D eigenvalue weighted by Crippen LogP contribution is -2.44. The van der Waals surface area contributed by atoms with Crippen LogP contribution in [0.25, 0.3) is 0 Å². The quantitative estimate of drug-likeness (QED) is 0.524. The van der Waals surface area contributed by atoms with Crippen LogP contribution in [0.5, 0.6) is 0 Å². The molecule has 1 aliphatic rings. The Labute approximate surface area is 91.7 Å². The molecule has 0 atom stereocenters. The topological polar surface area (TPSA) is 47.9 Å². The minimum Gasteiger partial charge on any atom is -0.396 e. The van der Waals surface area contributed by atoms with E-state index in [0.717, 1.165) is 31.9 Å². The number of aliphatic imine (C=N–C) groups is 1. The van der Waals surface area contributed by atoms with Gasteiger partial charge < -0.3 is 15.3 Å². The van der Waals surface area contributed by atoms with Crippen molar-refractivity contribution in [1.29, 1.82) is 0 Å². The van der Waals surface area contributed by atoms with Crippen molar-refractivity contribution >= 4 is 5.96 Å². The summed E-state index contributed by atoms with van der Waals surface area (Å²) < 4.78 is 0. The Kier molecular flexibility index (Phi) is 5.18. The molecule has 15 heavy (non-hydrogen) atoms. The molecule has 1 aliphatic heterocycles. The first-order valence-electron chi connectivity index (χ1n) is 5.52. The number of rotatable bonds is 2. The lowest BCUT2D eigenvalue weighted by atomic mass is 9.98. The molecule has 0 saturated carbocycles. The van der Waals surface area contributed by atoms with Crippen LogP contribution in [0.3, 0.4) is 0 Å². The number of hydrogen-bond acceptors (Lipinski definition) is 2. The van der Waals surface area contributed by atoms with E-state index >= 15 is 0 Å². The molecule has 1 fully saturated rings. The summed E-state index contributed by atoms with van der Waals surface area (Å²) in [4.78, 5) is 6.45. The van der Waals surface area contributed by atoms with Crippen LogP contribution in [0.1, 0.15) is 19.8 Å². The highest BCUT2D eigenvalue weighted by atomic mass is 16.3. The number of likely N-dealkylation sites (tertiary alicyclic amines) is 1. The molecule has 0 aromatic carbocycles. The molecule has 0 radical (unpaired) electrons. The molecule has 4 nitrogen and oxygen atoms in total. The molecule has 0 aromatic rings. The summed E-state index contributed by atoms with van der Waals surface area (Å²) in [5, 5.41) is 12.2. The molecule has 0 unspecified atom stereocenters. The average Bonchev–Trinajstić information content (AvgIpc) is 2.31. The smallest absolute Gasteiger partial charge is 0.197 e.